The number of amides is 2. The SMILES string of the molecule is O=C(C[C@H]1CCCC[C@H]1NC(=O)OCC1c2ccccc2-c2ccccc21)N[C@@H](CCO)C(=O)O. The molecule has 4 N–H and O–H groups in total. The minimum absolute atomic E-state index is 0.0273. The number of benzene rings is 2. The molecular formula is C27H32N2O6. The van der Waals surface area contributed by atoms with Crippen molar-refractivity contribution in [1.82, 2.24) is 10.6 Å². The van der Waals surface area contributed by atoms with Crippen LogP contribution in [0.15, 0.2) is 48.5 Å². The number of hydrogen-bond acceptors (Lipinski definition) is 5. The smallest absolute Gasteiger partial charge is 0.407 e. The first-order valence-electron chi connectivity index (χ1n) is 12.2. The number of alkyl carbamates (subject to hydrolysis) is 1. The highest BCUT2D eigenvalue weighted by Gasteiger charge is 2.32. The van der Waals surface area contributed by atoms with E-state index in [0.29, 0.717) is 0 Å². The van der Waals surface area contributed by atoms with Crippen LogP contribution in [0.2, 0.25) is 0 Å². The molecule has 4 rings (SSSR count). The predicted molar refractivity (Wildman–Crippen MR) is 130 cm³/mol. The number of carbonyl (C=O) groups is 3. The molecular weight excluding hydrogens is 448 g/mol. The molecule has 0 unspecified atom stereocenters. The van der Waals surface area contributed by atoms with Gasteiger partial charge >= 0.3 is 12.1 Å². The monoisotopic (exact) mass is 480 g/mol. The molecule has 2 aromatic rings. The maximum atomic E-state index is 12.7. The van der Waals surface area contributed by atoms with Gasteiger partial charge in [-0.15, -0.1) is 0 Å². The third-order valence-electron chi connectivity index (χ3n) is 7.05. The van der Waals surface area contributed by atoms with Crippen LogP contribution in [0, 0.1) is 5.92 Å². The highest BCUT2D eigenvalue weighted by Crippen LogP contribution is 2.44. The molecule has 2 amide bonds. The number of carboxylic acid groups (broad SMARTS) is 1. The molecule has 3 atom stereocenters. The first-order chi connectivity index (χ1) is 17.0. The zero-order chi connectivity index (χ0) is 24.8. The number of nitrogens with one attached hydrogen (secondary N) is 2. The lowest BCUT2D eigenvalue weighted by Crippen LogP contribution is -2.46. The van der Waals surface area contributed by atoms with Crippen LogP contribution >= 0.6 is 0 Å². The molecule has 1 fully saturated rings. The van der Waals surface area contributed by atoms with Crippen LogP contribution in [0.5, 0.6) is 0 Å². The second kappa shape index (κ2) is 11.4. The zero-order valence-corrected chi connectivity index (χ0v) is 19.6. The summed E-state index contributed by atoms with van der Waals surface area (Å²) >= 11 is 0. The van der Waals surface area contributed by atoms with E-state index in [1.54, 1.807) is 0 Å². The van der Waals surface area contributed by atoms with Crippen molar-refractivity contribution in [3.8, 4) is 11.1 Å². The summed E-state index contributed by atoms with van der Waals surface area (Å²) in [5, 5.41) is 23.7. The summed E-state index contributed by atoms with van der Waals surface area (Å²) in [5.74, 6) is -1.70. The van der Waals surface area contributed by atoms with E-state index in [1.807, 2.05) is 24.3 Å². The number of carbonyl (C=O) groups excluding carboxylic acids is 2. The number of carboxylic acids is 1. The quantitative estimate of drug-likeness (QED) is 0.436. The second-order valence-electron chi connectivity index (χ2n) is 9.30. The number of aliphatic hydroxyl groups is 1. The van der Waals surface area contributed by atoms with Gasteiger partial charge in [0.25, 0.3) is 0 Å². The van der Waals surface area contributed by atoms with Gasteiger partial charge in [0, 0.05) is 31.4 Å². The summed E-state index contributed by atoms with van der Waals surface area (Å²) in [7, 11) is 0. The van der Waals surface area contributed by atoms with Crippen LogP contribution in [0.3, 0.4) is 0 Å². The molecule has 8 heteroatoms. The third kappa shape index (κ3) is 5.82. The van der Waals surface area contributed by atoms with E-state index in [4.69, 9.17) is 9.84 Å². The van der Waals surface area contributed by atoms with Crippen LogP contribution in [0.4, 0.5) is 4.79 Å². The first-order valence-corrected chi connectivity index (χ1v) is 12.2. The standard InChI is InChI=1S/C27H32N2O6/c30-14-13-24(26(32)33)28-25(31)15-17-7-1-6-12-23(17)29-27(34)35-16-22-20-10-4-2-8-18(20)19-9-3-5-11-21(19)22/h2-5,8-11,17,22-24,30H,1,6-7,12-16H2,(H,28,31)(H,29,34)(H,32,33)/t17-,23-,24+/m1/s1. The van der Waals surface area contributed by atoms with Crippen LogP contribution in [-0.2, 0) is 14.3 Å². The molecule has 0 aromatic heterocycles. The summed E-state index contributed by atoms with van der Waals surface area (Å²) in [4.78, 5) is 36.5. The molecule has 0 heterocycles. The number of hydrogen-bond donors (Lipinski definition) is 4. The average molecular weight is 481 g/mol. The Bertz CT molecular complexity index is 1030. The number of rotatable bonds is 9. The average Bonchev–Trinajstić information content (AvgIpc) is 3.17. The van der Waals surface area contributed by atoms with E-state index in [2.05, 4.69) is 34.9 Å². The van der Waals surface area contributed by atoms with Crippen molar-refractivity contribution < 1.29 is 29.3 Å². The molecule has 1 saturated carbocycles. The maximum Gasteiger partial charge on any atom is 0.407 e. The van der Waals surface area contributed by atoms with Gasteiger partial charge in [0.2, 0.25) is 5.91 Å². The van der Waals surface area contributed by atoms with E-state index >= 15 is 0 Å². The normalized spacial score (nSPS) is 19.8. The van der Waals surface area contributed by atoms with Gasteiger partial charge in [-0.25, -0.2) is 9.59 Å². The molecule has 2 aromatic carbocycles. The van der Waals surface area contributed by atoms with Crippen molar-refractivity contribution in [3.63, 3.8) is 0 Å². The molecule has 0 radical (unpaired) electrons. The fourth-order valence-electron chi connectivity index (χ4n) is 5.31. The Morgan fingerprint density at radius 3 is 2.23 bits per heavy atom. The minimum atomic E-state index is -1.18. The molecule has 2 aliphatic rings. The molecule has 0 saturated heterocycles. The highest BCUT2D eigenvalue weighted by atomic mass is 16.5. The van der Waals surface area contributed by atoms with E-state index < -0.39 is 24.0 Å². The fraction of sp³-hybridized carbons (Fsp3) is 0.444. The fourth-order valence-corrected chi connectivity index (χ4v) is 5.31. The lowest BCUT2D eigenvalue weighted by Gasteiger charge is -2.32. The number of ether oxygens (including phenoxy) is 1. The van der Waals surface area contributed by atoms with Crippen LogP contribution < -0.4 is 10.6 Å². The van der Waals surface area contributed by atoms with E-state index in [1.165, 1.54) is 0 Å². The van der Waals surface area contributed by atoms with Gasteiger partial charge in [-0.3, -0.25) is 4.79 Å². The zero-order valence-electron chi connectivity index (χ0n) is 19.6. The van der Waals surface area contributed by atoms with Crippen LogP contribution in [0.1, 0.15) is 55.6 Å². The number of aliphatic carboxylic acids is 1. The van der Waals surface area contributed by atoms with Crippen molar-refractivity contribution in [2.24, 2.45) is 5.92 Å². The molecule has 35 heavy (non-hydrogen) atoms. The second-order valence-corrected chi connectivity index (χ2v) is 9.30. The Kier molecular flexibility index (Phi) is 8.02. The van der Waals surface area contributed by atoms with Crippen molar-refractivity contribution >= 4 is 18.0 Å². The first kappa shape index (κ1) is 24.7. The number of aliphatic hydroxyl groups excluding tert-OH is 1. The van der Waals surface area contributed by atoms with Crippen LogP contribution in [-0.4, -0.2) is 53.5 Å². The van der Waals surface area contributed by atoms with Crippen molar-refractivity contribution in [3.05, 3.63) is 59.7 Å². The van der Waals surface area contributed by atoms with Crippen molar-refractivity contribution in [1.29, 1.82) is 0 Å². The van der Waals surface area contributed by atoms with Gasteiger partial charge in [0.15, 0.2) is 0 Å². The van der Waals surface area contributed by atoms with Gasteiger partial charge < -0.3 is 25.6 Å². The van der Waals surface area contributed by atoms with Gasteiger partial charge in [-0.2, -0.15) is 0 Å². The Labute approximate surface area is 204 Å². The molecule has 2 aliphatic carbocycles. The Morgan fingerprint density at radius 1 is 0.971 bits per heavy atom. The third-order valence-corrected chi connectivity index (χ3v) is 7.05. The molecule has 8 nitrogen and oxygen atoms in total. The molecule has 0 bridgehead atoms. The Balaban J connectivity index is 1.34. The van der Waals surface area contributed by atoms with E-state index in [9.17, 15) is 19.5 Å². The van der Waals surface area contributed by atoms with E-state index in [-0.39, 0.29) is 43.9 Å². The van der Waals surface area contributed by atoms with Gasteiger partial charge in [0.05, 0.1) is 0 Å². The molecule has 0 spiro atoms. The lowest BCUT2D eigenvalue weighted by atomic mass is 9.82. The van der Waals surface area contributed by atoms with Crippen LogP contribution in [0.25, 0.3) is 11.1 Å². The Morgan fingerprint density at radius 2 is 1.60 bits per heavy atom. The molecule has 0 aliphatic heterocycles. The van der Waals surface area contributed by atoms with Crippen molar-refractivity contribution in [2.45, 2.75) is 56.5 Å². The summed E-state index contributed by atoms with van der Waals surface area (Å²) in [6, 6.07) is 15.0. The summed E-state index contributed by atoms with van der Waals surface area (Å²) in [5.41, 5.74) is 4.61. The largest absolute Gasteiger partial charge is 0.480 e. The van der Waals surface area contributed by atoms with Crippen molar-refractivity contribution in [2.75, 3.05) is 13.2 Å². The highest BCUT2D eigenvalue weighted by molar-refractivity contribution is 5.83. The van der Waals surface area contributed by atoms with Gasteiger partial charge in [0.1, 0.15) is 12.6 Å². The topological polar surface area (TPSA) is 125 Å². The van der Waals surface area contributed by atoms with Gasteiger partial charge in [-0.1, -0.05) is 61.4 Å². The minimum Gasteiger partial charge on any atom is -0.480 e. The van der Waals surface area contributed by atoms with E-state index in [0.717, 1.165) is 47.9 Å². The van der Waals surface area contributed by atoms with Gasteiger partial charge in [-0.05, 0) is 41.0 Å². The summed E-state index contributed by atoms with van der Waals surface area (Å²) < 4.78 is 5.67. The molecule has 186 valence electrons. The summed E-state index contributed by atoms with van der Waals surface area (Å²) in [6.07, 6.45) is 2.94. The summed E-state index contributed by atoms with van der Waals surface area (Å²) in [6.45, 7) is -0.105. The lowest BCUT2D eigenvalue weighted by molar-refractivity contribution is -0.142. The maximum absolute atomic E-state index is 12.7. The number of fused-ring (bicyclic) bond motifs is 3. The predicted octanol–water partition coefficient (Wildman–Crippen LogP) is 3.43. The Hall–Kier alpha value is -3.39.